The minimum absolute atomic E-state index is 0.392. The SMILES string of the molecule is CON=C1CCOc2oc(-c3sc(C4=CC=CC(C)CC=C4)nc3C)nc21. The van der Waals surface area contributed by atoms with Crippen LogP contribution in [-0.2, 0) is 4.84 Å². The van der Waals surface area contributed by atoms with Gasteiger partial charge in [0, 0.05) is 12.0 Å². The third-order valence-corrected chi connectivity index (χ3v) is 5.60. The van der Waals surface area contributed by atoms with E-state index >= 15 is 0 Å². The highest BCUT2D eigenvalue weighted by molar-refractivity contribution is 7.16. The van der Waals surface area contributed by atoms with E-state index in [1.165, 1.54) is 7.11 Å². The molecule has 27 heavy (non-hydrogen) atoms. The number of allylic oxidation sites excluding steroid dienone is 6. The number of oxazole rings is 1. The van der Waals surface area contributed by atoms with E-state index in [1.54, 1.807) is 11.3 Å². The van der Waals surface area contributed by atoms with Gasteiger partial charge in [-0.3, -0.25) is 0 Å². The van der Waals surface area contributed by atoms with E-state index in [4.69, 9.17) is 19.0 Å². The number of oxime groups is 1. The standard InChI is InChI=1S/C20H21N3O3S/c1-12-6-4-8-14(9-5-7-12)19-21-13(2)17(27-19)18-22-16-15(23-24-3)10-11-25-20(16)26-18/h4-6,8-9,12H,7,10-11H2,1-3H3. The van der Waals surface area contributed by atoms with Crippen LogP contribution in [0.2, 0.25) is 0 Å². The maximum absolute atomic E-state index is 5.86. The van der Waals surface area contributed by atoms with Crippen molar-refractivity contribution in [2.45, 2.75) is 26.7 Å². The molecule has 1 aliphatic carbocycles. The van der Waals surface area contributed by atoms with E-state index in [-0.39, 0.29) is 0 Å². The summed E-state index contributed by atoms with van der Waals surface area (Å²) in [4.78, 5) is 15.1. The van der Waals surface area contributed by atoms with Crippen LogP contribution in [0.25, 0.3) is 16.3 Å². The molecule has 4 rings (SSSR count). The number of nitrogens with zero attached hydrogens (tertiary/aromatic N) is 3. The van der Waals surface area contributed by atoms with Crippen LogP contribution in [0.15, 0.2) is 40.0 Å². The average Bonchev–Trinajstić information content (AvgIpc) is 3.22. The number of fused-ring (bicyclic) bond motifs is 1. The van der Waals surface area contributed by atoms with Gasteiger partial charge in [-0.2, -0.15) is 0 Å². The number of ether oxygens (including phenoxy) is 1. The van der Waals surface area contributed by atoms with Gasteiger partial charge in [0.15, 0.2) is 5.69 Å². The van der Waals surface area contributed by atoms with E-state index in [1.807, 2.05) is 6.92 Å². The lowest BCUT2D eigenvalue weighted by atomic mass is 10.0. The van der Waals surface area contributed by atoms with Crippen molar-refractivity contribution in [3.05, 3.63) is 46.8 Å². The zero-order chi connectivity index (χ0) is 18.8. The molecule has 0 bridgehead atoms. The van der Waals surface area contributed by atoms with Crippen molar-refractivity contribution in [3.8, 4) is 16.7 Å². The normalized spacial score (nSPS) is 20.6. The second-order valence-corrected chi connectivity index (χ2v) is 7.53. The Morgan fingerprint density at radius 2 is 2.22 bits per heavy atom. The molecule has 0 N–H and O–H groups in total. The maximum atomic E-state index is 5.86. The summed E-state index contributed by atoms with van der Waals surface area (Å²) in [6.45, 7) is 4.67. The van der Waals surface area contributed by atoms with Gasteiger partial charge in [-0.05, 0) is 19.3 Å². The number of thiazole rings is 1. The minimum Gasteiger partial charge on any atom is -0.463 e. The average molecular weight is 383 g/mol. The molecule has 2 aliphatic rings. The number of aromatic nitrogens is 2. The minimum atomic E-state index is 0.392. The number of rotatable bonds is 3. The molecule has 6 nitrogen and oxygen atoms in total. The van der Waals surface area contributed by atoms with Crippen molar-refractivity contribution < 1.29 is 14.0 Å². The van der Waals surface area contributed by atoms with Gasteiger partial charge < -0.3 is 14.0 Å². The van der Waals surface area contributed by atoms with E-state index in [0.717, 1.165) is 33.3 Å². The molecule has 3 heterocycles. The molecule has 0 spiro atoms. The molecule has 7 heteroatoms. The van der Waals surface area contributed by atoms with Crippen molar-refractivity contribution in [2.75, 3.05) is 13.7 Å². The second kappa shape index (κ2) is 7.52. The predicted molar refractivity (Wildman–Crippen MR) is 106 cm³/mol. The highest BCUT2D eigenvalue weighted by Gasteiger charge is 2.27. The van der Waals surface area contributed by atoms with Crippen molar-refractivity contribution in [3.63, 3.8) is 0 Å². The fourth-order valence-corrected chi connectivity index (χ4v) is 3.99. The summed E-state index contributed by atoms with van der Waals surface area (Å²) in [6.07, 6.45) is 12.4. The van der Waals surface area contributed by atoms with Crippen LogP contribution in [0.4, 0.5) is 0 Å². The first-order valence-corrected chi connectivity index (χ1v) is 9.74. The topological polar surface area (TPSA) is 69.7 Å². The van der Waals surface area contributed by atoms with Gasteiger partial charge in [-0.1, -0.05) is 42.5 Å². The molecular formula is C20H21N3O3S. The summed E-state index contributed by atoms with van der Waals surface area (Å²) >= 11 is 1.57. The van der Waals surface area contributed by atoms with Crippen LogP contribution in [0.5, 0.6) is 5.95 Å². The fraction of sp³-hybridized carbons (Fsp3) is 0.350. The molecule has 0 aromatic carbocycles. The Labute approximate surface area is 161 Å². The Hall–Kier alpha value is -2.67. The molecule has 2 aromatic heterocycles. The highest BCUT2D eigenvalue weighted by atomic mass is 32.1. The summed E-state index contributed by atoms with van der Waals surface area (Å²) in [5.74, 6) is 1.45. The lowest BCUT2D eigenvalue weighted by Gasteiger charge is -2.10. The van der Waals surface area contributed by atoms with Crippen molar-refractivity contribution in [2.24, 2.45) is 11.1 Å². The summed E-state index contributed by atoms with van der Waals surface area (Å²) in [5, 5.41) is 4.98. The maximum Gasteiger partial charge on any atom is 0.315 e. The third kappa shape index (κ3) is 3.60. The van der Waals surface area contributed by atoms with Crippen LogP contribution in [0.3, 0.4) is 0 Å². The predicted octanol–water partition coefficient (Wildman–Crippen LogP) is 4.78. The molecule has 140 valence electrons. The van der Waals surface area contributed by atoms with Crippen molar-refractivity contribution in [1.29, 1.82) is 0 Å². The fourth-order valence-electron chi connectivity index (χ4n) is 2.99. The van der Waals surface area contributed by atoms with Crippen LogP contribution >= 0.6 is 11.3 Å². The monoisotopic (exact) mass is 383 g/mol. The summed E-state index contributed by atoms with van der Waals surface area (Å²) in [5.41, 5.74) is 3.31. The quantitative estimate of drug-likeness (QED) is 0.714. The Kier molecular flexibility index (Phi) is 4.94. The van der Waals surface area contributed by atoms with E-state index in [0.29, 0.717) is 36.5 Å². The summed E-state index contributed by atoms with van der Waals surface area (Å²) in [6, 6.07) is 0. The van der Waals surface area contributed by atoms with Crippen LogP contribution in [0, 0.1) is 12.8 Å². The third-order valence-electron chi connectivity index (χ3n) is 4.40. The molecular weight excluding hydrogens is 362 g/mol. The largest absolute Gasteiger partial charge is 0.463 e. The van der Waals surface area contributed by atoms with E-state index < -0.39 is 0 Å². The molecule has 1 unspecified atom stereocenters. The molecule has 2 aromatic rings. The first-order chi connectivity index (χ1) is 13.2. The van der Waals surface area contributed by atoms with Crippen molar-refractivity contribution in [1.82, 2.24) is 9.97 Å². The molecule has 1 atom stereocenters. The van der Waals surface area contributed by atoms with Gasteiger partial charge in [0.2, 0.25) is 5.89 Å². The van der Waals surface area contributed by atoms with E-state index in [9.17, 15) is 0 Å². The Morgan fingerprint density at radius 3 is 3.07 bits per heavy atom. The Balaban J connectivity index is 1.70. The van der Waals surface area contributed by atoms with Crippen LogP contribution in [0.1, 0.15) is 36.2 Å². The molecule has 0 saturated heterocycles. The van der Waals surface area contributed by atoms with Gasteiger partial charge >= 0.3 is 5.95 Å². The van der Waals surface area contributed by atoms with Gasteiger partial charge in [0.1, 0.15) is 22.7 Å². The molecule has 0 amide bonds. The molecule has 0 saturated carbocycles. The Morgan fingerprint density at radius 1 is 1.33 bits per heavy atom. The molecule has 0 fully saturated rings. The van der Waals surface area contributed by atoms with Crippen LogP contribution < -0.4 is 4.74 Å². The van der Waals surface area contributed by atoms with Crippen molar-refractivity contribution >= 4 is 22.6 Å². The summed E-state index contributed by atoms with van der Waals surface area (Å²) in [7, 11) is 1.52. The molecule has 0 radical (unpaired) electrons. The summed E-state index contributed by atoms with van der Waals surface area (Å²) < 4.78 is 11.5. The zero-order valence-electron chi connectivity index (χ0n) is 15.6. The highest BCUT2D eigenvalue weighted by Crippen LogP contribution is 2.37. The number of aryl methyl sites for hydroxylation is 1. The van der Waals surface area contributed by atoms with Gasteiger partial charge in [-0.25, -0.2) is 9.97 Å². The lowest BCUT2D eigenvalue weighted by molar-refractivity contribution is 0.206. The smallest absolute Gasteiger partial charge is 0.315 e. The number of hydrogen-bond donors (Lipinski definition) is 0. The molecule has 1 aliphatic heterocycles. The van der Waals surface area contributed by atoms with Gasteiger partial charge in [0.25, 0.3) is 0 Å². The second-order valence-electron chi connectivity index (χ2n) is 6.53. The van der Waals surface area contributed by atoms with E-state index in [2.05, 4.69) is 47.4 Å². The Bertz CT molecular complexity index is 965. The van der Waals surface area contributed by atoms with Gasteiger partial charge in [-0.15, -0.1) is 11.3 Å². The first-order valence-electron chi connectivity index (χ1n) is 8.93. The zero-order valence-corrected chi connectivity index (χ0v) is 16.4. The lowest BCUT2D eigenvalue weighted by Crippen LogP contribution is -2.15. The number of hydrogen-bond acceptors (Lipinski definition) is 7. The first kappa shape index (κ1) is 17.7. The van der Waals surface area contributed by atoms with Crippen LogP contribution in [-0.4, -0.2) is 29.4 Å². The van der Waals surface area contributed by atoms with Gasteiger partial charge in [0.05, 0.1) is 12.3 Å².